The number of methoxy groups -OCH3 is 2. The van der Waals surface area contributed by atoms with Crippen LogP contribution in [0.2, 0.25) is 0 Å². The second-order valence-corrected chi connectivity index (χ2v) is 7.82. The van der Waals surface area contributed by atoms with Gasteiger partial charge in [-0.15, -0.1) is 0 Å². The van der Waals surface area contributed by atoms with Gasteiger partial charge in [0.2, 0.25) is 10.0 Å². The number of ether oxygens (including phenoxy) is 2. The summed E-state index contributed by atoms with van der Waals surface area (Å²) >= 11 is 0. The Bertz CT molecular complexity index is 910. The maximum Gasteiger partial charge on any atom is 0.255 e. The van der Waals surface area contributed by atoms with E-state index in [1.165, 1.54) is 11.4 Å². The molecule has 0 atom stereocenters. The highest BCUT2D eigenvalue weighted by Gasteiger charge is 2.30. The van der Waals surface area contributed by atoms with Crippen molar-refractivity contribution in [1.82, 2.24) is 0 Å². The van der Waals surface area contributed by atoms with Crippen LogP contribution in [0.15, 0.2) is 42.5 Å². The molecule has 1 aliphatic rings. The van der Waals surface area contributed by atoms with Crippen molar-refractivity contribution < 1.29 is 22.7 Å². The van der Waals surface area contributed by atoms with Gasteiger partial charge in [-0.1, -0.05) is 0 Å². The molecule has 0 unspecified atom stereocenters. The largest absolute Gasteiger partial charge is 0.497 e. The summed E-state index contributed by atoms with van der Waals surface area (Å²) in [6.07, 6.45) is 0.585. The number of sulfonamides is 1. The second-order valence-electron chi connectivity index (χ2n) is 5.81. The molecule has 0 spiro atoms. The van der Waals surface area contributed by atoms with Gasteiger partial charge < -0.3 is 14.8 Å². The third kappa shape index (κ3) is 3.60. The maximum absolute atomic E-state index is 12.4. The molecule has 1 aliphatic heterocycles. The van der Waals surface area contributed by atoms with Crippen LogP contribution in [0.5, 0.6) is 11.5 Å². The zero-order valence-corrected chi connectivity index (χ0v) is 15.4. The number of amides is 1. The summed E-state index contributed by atoms with van der Waals surface area (Å²) in [4.78, 5) is 12.4. The first-order chi connectivity index (χ1) is 12.4. The molecule has 26 heavy (non-hydrogen) atoms. The summed E-state index contributed by atoms with van der Waals surface area (Å²) in [6, 6.07) is 11.7. The molecule has 7 nitrogen and oxygen atoms in total. The van der Waals surface area contributed by atoms with E-state index in [0.717, 1.165) is 0 Å². The summed E-state index contributed by atoms with van der Waals surface area (Å²) in [5.74, 6) is 0.908. The maximum atomic E-state index is 12.4. The highest BCUT2D eigenvalue weighted by atomic mass is 32.2. The van der Waals surface area contributed by atoms with Gasteiger partial charge in [0.1, 0.15) is 11.5 Å². The lowest BCUT2D eigenvalue weighted by molar-refractivity contribution is 0.102. The van der Waals surface area contributed by atoms with Gasteiger partial charge in [-0.2, -0.15) is 0 Å². The van der Waals surface area contributed by atoms with Crippen LogP contribution in [0.3, 0.4) is 0 Å². The summed E-state index contributed by atoms with van der Waals surface area (Å²) in [5.41, 5.74) is 1.48. The highest BCUT2D eigenvalue weighted by Crippen LogP contribution is 2.35. The lowest BCUT2D eigenvalue weighted by Gasteiger charge is -2.20. The SMILES string of the molecule is COc1ccc(C(=O)Nc2ccc(N3CCCS3(=O)=O)c(OC)c2)cc1. The van der Waals surface area contributed by atoms with E-state index < -0.39 is 10.0 Å². The van der Waals surface area contributed by atoms with Gasteiger partial charge in [0.15, 0.2) is 0 Å². The van der Waals surface area contributed by atoms with Crippen LogP contribution in [0.1, 0.15) is 16.8 Å². The lowest BCUT2D eigenvalue weighted by atomic mass is 10.2. The highest BCUT2D eigenvalue weighted by molar-refractivity contribution is 7.93. The van der Waals surface area contributed by atoms with E-state index in [-0.39, 0.29) is 11.7 Å². The van der Waals surface area contributed by atoms with E-state index in [2.05, 4.69) is 5.32 Å². The molecule has 1 N–H and O–H groups in total. The molecule has 1 saturated heterocycles. The monoisotopic (exact) mass is 376 g/mol. The number of carbonyl (C=O) groups excluding carboxylic acids is 1. The lowest BCUT2D eigenvalue weighted by Crippen LogP contribution is -2.25. The predicted octanol–water partition coefficient (Wildman–Crippen LogP) is 2.50. The molecule has 0 aromatic heterocycles. The fourth-order valence-electron chi connectivity index (χ4n) is 2.82. The number of benzene rings is 2. The fraction of sp³-hybridized carbons (Fsp3) is 0.278. The zero-order valence-electron chi connectivity index (χ0n) is 14.6. The first-order valence-corrected chi connectivity index (χ1v) is 9.69. The van der Waals surface area contributed by atoms with Crippen molar-refractivity contribution in [2.45, 2.75) is 6.42 Å². The molecule has 0 radical (unpaired) electrons. The molecule has 0 aliphatic carbocycles. The topological polar surface area (TPSA) is 84.9 Å². The number of carbonyl (C=O) groups is 1. The van der Waals surface area contributed by atoms with Crippen LogP contribution >= 0.6 is 0 Å². The molecule has 3 rings (SSSR count). The molecule has 0 bridgehead atoms. The third-order valence-electron chi connectivity index (χ3n) is 4.16. The standard InChI is InChI=1S/C18H20N2O5S/c1-24-15-7-4-13(5-8-15)18(21)19-14-6-9-16(17(12-14)25-2)20-10-3-11-26(20,22)23/h4-9,12H,3,10-11H2,1-2H3,(H,19,21). The average Bonchev–Trinajstić information content (AvgIpc) is 3.00. The molecule has 1 amide bonds. The Morgan fingerprint density at radius 3 is 2.38 bits per heavy atom. The predicted molar refractivity (Wildman–Crippen MR) is 99.7 cm³/mol. The van der Waals surface area contributed by atoms with Crippen molar-refractivity contribution in [2.75, 3.05) is 36.1 Å². The number of anilines is 2. The first-order valence-electron chi connectivity index (χ1n) is 8.08. The van der Waals surface area contributed by atoms with Crippen molar-refractivity contribution in [3.05, 3.63) is 48.0 Å². The summed E-state index contributed by atoms with van der Waals surface area (Å²) in [6.45, 7) is 0.427. The molecular formula is C18H20N2O5S. The normalized spacial score (nSPS) is 15.5. The second kappa shape index (κ2) is 7.25. The van der Waals surface area contributed by atoms with E-state index in [0.29, 0.717) is 41.4 Å². The van der Waals surface area contributed by atoms with Crippen molar-refractivity contribution in [3.8, 4) is 11.5 Å². The minimum Gasteiger partial charge on any atom is -0.497 e. The van der Waals surface area contributed by atoms with Gasteiger partial charge in [0.05, 0.1) is 25.7 Å². The van der Waals surface area contributed by atoms with Crippen LogP contribution < -0.4 is 19.1 Å². The molecular weight excluding hydrogens is 356 g/mol. The van der Waals surface area contributed by atoms with Crippen LogP contribution in [0.25, 0.3) is 0 Å². The minimum absolute atomic E-state index is 0.131. The number of nitrogens with zero attached hydrogens (tertiary/aromatic N) is 1. The molecule has 8 heteroatoms. The summed E-state index contributed by atoms with van der Waals surface area (Å²) in [5, 5.41) is 2.78. The summed E-state index contributed by atoms with van der Waals surface area (Å²) < 4.78 is 36.0. The Morgan fingerprint density at radius 1 is 1.08 bits per heavy atom. The van der Waals surface area contributed by atoms with Crippen LogP contribution in [0, 0.1) is 0 Å². The van der Waals surface area contributed by atoms with Crippen molar-refractivity contribution >= 4 is 27.3 Å². The van der Waals surface area contributed by atoms with Gasteiger partial charge in [-0.3, -0.25) is 9.10 Å². The number of hydrogen-bond donors (Lipinski definition) is 1. The van der Waals surface area contributed by atoms with E-state index in [4.69, 9.17) is 9.47 Å². The van der Waals surface area contributed by atoms with Gasteiger partial charge in [-0.25, -0.2) is 8.42 Å². The Hall–Kier alpha value is -2.74. The average molecular weight is 376 g/mol. The van der Waals surface area contributed by atoms with Crippen LogP contribution in [-0.4, -0.2) is 40.8 Å². The van der Waals surface area contributed by atoms with E-state index in [9.17, 15) is 13.2 Å². The molecule has 1 fully saturated rings. The van der Waals surface area contributed by atoms with E-state index in [1.54, 1.807) is 49.6 Å². The minimum atomic E-state index is -3.30. The van der Waals surface area contributed by atoms with Crippen molar-refractivity contribution in [2.24, 2.45) is 0 Å². The molecule has 0 saturated carbocycles. The van der Waals surface area contributed by atoms with Crippen molar-refractivity contribution in [3.63, 3.8) is 0 Å². The van der Waals surface area contributed by atoms with Gasteiger partial charge >= 0.3 is 0 Å². The van der Waals surface area contributed by atoms with Gasteiger partial charge in [-0.05, 0) is 42.8 Å². The Kier molecular flexibility index (Phi) is 5.03. The van der Waals surface area contributed by atoms with Crippen LogP contribution in [0.4, 0.5) is 11.4 Å². The fourth-order valence-corrected chi connectivity index (χ4v) is 4.39. The molecule has 2 aromatic rings. The number of hydrogen-bond acceptors (Lipinski definition) is 5. The molecule has 2 aromatic carbocycles. The smallest absolute Gasteiger partial charge is 0.255 e. The number of rotatable bonds is 5. The Morgan fingerprint density at radius 2 is 1.81 bits per heavy atom. The third-order valence-corrected chi connectivity index (χ3v) is 6.01. The van der Waals surface area contributed by atoms with Crippen LogP contribution in [-0.2, 0) is 10.0 Å². The van der Waals surface area contributed by atoms with Gasteiger partial charge in [0.25, 0.3) is 5.91 Å². The molecule has 1 heterocycles. The van der Waals surface area contributed by atoms with E-state index in [1.807, 2.05) is 0 Å². The molecule has 138 valence electrons. The quantitative estimate of drug-likeness (QED) is 0.867. The van der Waals surface area contributed by atoms with E-state index >= 15 is 0 Å². The van der Waals surface area contributed by atoms with Gasteiger partial charge in [0, 0.05) is 23.9 Å². The first kappa shape index (κ1) is 18.1. The van der Waals surface area contributed by atoms with Crippen molar-refractivity contribution in [1.29, 1.82) is 0 Å². The Balaban J connectivity index is 1.81. The zero-order chi connectivity index (χ0) is 18.7. The number of nitrogens with one attached hydrogen (secondary N) is 1. The Labute approximate surface area is 152 Å². The summed E-state index contributed by atoms with van der Waals surface area (Å²) in [7, 11) is -0.276.